The number of halogens is 2. The first kappa shape index (κ1) is 21.3. The fourth-order valence-electron chi connectivity index (χ4n) is 3.37. The predicted octanol–water partition coefficient (Wildman–Crippen LogP) is 2.27. The number of hydrogen-bond donors (Lipinski definition) is 3. The second-order valence-corrected chi connectivity index (χ2v) is 10.3. The van der Waals surface area contributed by atoms with Crippen LogP contribution in [-0.2, 0) is 15.4 Å². The molecule has 2 atom stereocenters. The van der Waals surface area contributed by atoms with Gasteiger partial charge in [0, 0.05) is 18.0 Å². The van der Waals surface area contributed by atoms with Crippen LogP contribution in [0.1, 0.15) is 19.4 Å². The van der Waals surface area contributed by atoms with E-state index in [-0.39, 0.29) is 11.4 Å². The van der Waals surface area contributed by atoms with Crippen LogP contribution in [0.3, 0.4) is 0 Å². The van der Waals surface area contributed by atoms with Crippen molar-refractivity contribution in [3.63, 3.8) is 0 Å². The van der Waals surface area contributed by atoms with Crippen molar-refractivity contribution in [2.75, 3.05) is 11.1 Å². The summed E-state index contributed by atoms with van der Waals surface area (Å²) in [5, 5.41) is 13.7. The van der Waals surface area contributed by atoms with Crippen molar-refractivity contribution >= 4 is 49.8 Å². The van der Waals surface area contributed by atoms with Crippen LogP contribution in [0, 0.1) is 5.82 Å². The molecule has 0 aromatic carbocycles. The third-order valence-corrected chi connectivity index (χ3v) is 7.73. The van der Waals surface area contributed by atoms with Crippen LogP contribution in [0.15, 0.2) is 41.8 Å². The number of aliphatic hydroxyl groups is 1. The molecule has 4 rings (SSSR count). The minimum absolute atomic E-state index is 0.0404. The van der Waals surface area contributed by atoms with E-state index in [1.165, 1.54) is 19.2 Å². The topological polar surface area (TPSA) is 143 Å². The van der Waals surface area contributed by atoms with Gasteiger partial charge in [0.1, 0.15) is 28.5 Å². The molecule has 3 aromatic rings. The maximum atomic E-state index is 14.7. The lowest BCUT2D eigenvalue weighted by Gasteiger charge is -2.36. The summed E-state index contributed by atoms with van der Waals surface area (Å²) >= 11 is 5.96. The smallest absolute Gasteiger partial charge is 0.220 e. The third kappa shape index (κ3) is 3.58. The summed E-state index contributed by atoms with van der Waals surface area (Å²) in [6.07, 6.45) is 3.98. The summed E-state index contributed by atoms with van der Waals surface area (Å²) in [6.45, 7) is 2.48. The molecule has 0 aliphatic carbocycles. The highest BCUT2D eigenvalue weighted by atomic mass is 35.5. The largest absolute Gasteiger partial charge is 0.384 e. The van der Waals surface area contributed by atoms with Gasteiger partial charge in [0.25, 0.3) is 0 Å². The van der Waals surface area contributed by atoms with Crippen molar-refractivity contribution in [1.82, 2.24) is 15.0 Å². The highest BCUT2D eigenvalue weighted by Crippen LogP contribution is 2.38. The Morgan fingerprint density at radius 2 is 1.97 bits per heavy atom. The standard InChI is InChI=1S/C19H18ClFN6O3S/c1-18(9-31(29,30)19(2,28)17(22)27-18)11-6-15(24-8-12(11)21)26-13-3-4-23-14-5-10(20)7-25-16(13)14/h3-8,28H,9H2,1-2H3,(H2,22,27)(H,23,24,26)/t18-,19+/m0/s1. The lowest BCUT2D eigenvalue weighted by molar-refractivity contribution is 0.204. The van der Waals surface area contributed by atoms with Gasteiger partial charge < -0.3 is 16.2 Å². The van der Waals surface area contributed by atoms with Crippen LogP contribution in [0.25, 0.3) is 11.0 Å². The Morgan fingerprint density at radius 3 is 2.68 bits per heavy atom. The molecule has 0 amide bonds. The zero-order valence-corrected chi connectivity index (χ0v) is 18.0. The number of rotatable bonds is 3. The first-order chi connectivity index (χ1) is 14.4. The number of nitrogens with one attached hydrogen (secondary N) is 1. The number of nitrogens with zero attached hydrogens (tertiary/aromatic N) is 4. The number of nitrogens with two attached hydrogens (primary N) is 1. The number of amidine groups is 1. The number of aromatic nitrogens is 3. The quantitative estimate of drug-likeness (QED) is 0.535. The van der Waals surface area contributed by atoms with E-state index in [9.17, 15) is 17.9 Å². The van der Waals surface area contributed by atoms with Gasteiger partial charge in [-0.25, -0.2) is 17.8 Å². The second kappa shape index (κ2) is 7.08. The molecule has 9 nitrogen and oxygen atoms in total. The van der Waals surface area contributed by atoms with E-state index in [0.717, 1.165) is 13.1 Å². The van der Waals surface area contributed by atoms with Crippen LogP contribution in [-0.4, -0.2) is 45.0 Å². The summed E-state index contributed by atoms with van der Waals surface area (Å²) < 4.78 is 39.9. The molecule has 0 radical (unpaired) electrons. The van der Waals surface area contributed by atoms with Gasteiger partial charge in [0.05, 0.1) is 28.2 Å². The normalized spacial score (nSPS) is 25.3. The van der Waals surface area contributed by atoms with Crippen molar-refractivity contribution in [3.05, 3.63) is 53.2 Å². The zero-order valence-electron chi connectivity index (χ0n) is 16.5. The van der Waals surface area contributed by atoms with Gasteiger partial charge >= 0.3 is 0 Å². The molecule has 0 unspecified atom stereocenters. The van der Waals surface area contributed by atoms with Crippen LogP contribution in [0.4, 0.5) is 15.9 Å². The molecule has 31 heavy (non-hydrogen) atoms. The molecule has 3 aromatic heterocycles. The van der Waals surface area contributed by atoms with Gasteiger partial charge in [-0.3, -0.25) is 15.0 Å². The molecule has 0 fully saturated rings. The first-order valence-corrected chi connectivity index (χ1v) is 11.1. The van der Waals surface area contributed by atoms with E-state index in [4.69, 9.17) is 17.3 Å². The number of sulfone groups is 1. The van der Waals surface area contributed by atoms with Crippen LogP contribution < -0.4 is 11.1 Å². The first-order valence-electron chi connectivity index (χ1n) is 9.07. The number of pyridine rings is 3. The molecule has 0 saturated carbocycles. The average molecular weight is 465 g/mol. The Balaban J connectivity index is 1.78. The summed E-state index contributed by atoms with van der Waals surface area (Å²) in [7, 11) is -4.13. The molecule has 4 N–H and O–H groups in total. The highest BCUT2D eigenvalue weighted by Gasteiger charge is 2.51. The van der Waals surface area contributed by atoms with Crippen LogP contribution in [0.5, 0.6) is 0 Å². The van der Waals surface area contributed by atoms with E-state index in [0.29, 0.717) is 21.7 Å². The number of anilines is 2. The van der Waals surface area contributed by atoms with E-state index >= 15 is 0 Å². The van der Waals surface area contributed by atoms with Gasteiger partial charge in [-0.15, -0.1) is 0 Å². The Morgan fingerprint density at radius 1 is 1.23 bits per heavy atom. The average Bonchev–Trinajstić information content (AvgIpc) is 2.67. The maximum Gasteiger partial charge on any atom is 0.220 e. The van der Waals surface area contributed by atoms with E-state index < -0.39 is 37.7 Å². The van der Waals surface area contributed by atoms with Gasteiger partial charge in [0.2, 0.25) is 4.93 Å². The lowest BCUT2D eigenvalue weighted by Crippen LogP contribution is -2.56. The van der Waals surface area contributed by atoms with Gasteiger partial charge in [0.15, 0.2) is 9.84 Å². The van der Waals surface area contributed by atoms with Gasteiger partial charge in [-0.2, -0.15) is 0 Å². The minimum atomic E-state index is -4.13. The Kier molecular flexibility index (Phi) is 4.87. The molecule has 1 aliphatic rings. The SMILES string of the molecule is C[C@]1(O)C(N)=N[C@](C)(c2cc(Nc3ccnc4cc(Cl)cnc34)ncc2F)CS1(=O)=O. The summed E-state index contributed by atoms with van der Waals surface area (Å²) in [5.41, 5.74) is 5.74. The van der Waals surface area contributed by atoms with Crippen molar-refractivity contribution in [3.8, 4) is 0 Å². The number of aliphatic imine (C=N–C) groups is 1. The summed E-state index contributed by atoms with van der Waals surface area (Å²) in [6, 6.07) is 4.66. The van der Waals surface area contributed by atoms with E-state index in [1.54, 1.807) is 18.3 Å². The Hall–Kier alpha value is -2.89. The van der Waals surface area contributed by atoms with Crippen molar-refractivity contribution in [2.45, 2.75) is 24.3 Å². The van der Waals surface area contributed by atoms with E-state index in [1.807, 2.05) is 0 Å². The molecule has 0 spiro atoms. The Bertz CT molecular complexity index is 1350. The monoisotopic (exact) mass is 464 g/mol. The fourth-order valence-corrected chi connectivity index (χ4v) is 5.13. The fraction of sp³-hybridized carbons (Fsp3) is 0.263. The highest BCUT2D eigenvalue weighted by molar-refractivity contribution is 7.93. The second-order valence-electron chi connectivity index (χ2n) is 7.57. The summed E-state index contributed by atoms with van der Waals surface area (Å²) in [4.78, 5) is 14.3. The lowest BCUT2D eigenvalue weighted by atomic mass is 9.94. The summed E-state index contributed by atoms with van der Waals surface area (Å²) in [5.74, 6) is -1.67. The molecule has 4 heterocycles. The number of fused-ring (bicyclic) bond motifs is 1. The molecule has 0 saturated heterocycles. The molecular weight excluding hydrogens is 447 g/mol. The van der Waals surface area contributed by atoms with Crippen LogP contribution >= 0.6 is 11.6 Å². The zero-order chi connectivity index (χ0) is 22.6. The van der Waals surface area contributed by atoms with Crippen molar-refractivity contribution in [1.29, 1.82) is 0 Å². The Labute approximate surface area is 182 Å². The van der Waals surface area contributed by atoms with Crippen molar-refractivity contribution in [2.24, 2.45) is 10.7 Å². The molecular formula is C19H18ClFN6O3S. The molecule has 12 heteroatoms. The molecule has 1 aliphatic heterocycles. The minimum Gasteiger partial charge on any atom is -0.384 e. The molecule has 162 valence electrons. The van der Waals surface area contributed by atoms with Crippen LogP contribution in [0.2, 0.25) is 5.02 Å². The maximum absolute atomic E-state index is 14.7. The predicted molar refractivity (Wildman–Crippen MR) is 115 cm³/mol. The van der Waals surface area contributed by atoms with Gasteiger partial charge in [-0.1, -0.05) is 11.6 Å². The molecule has 0 bridgehead atoms. The van der Waals surface area contributed by atoms with Gasteiger partial charge in [-0.05, 0) is 32.0 Å². The third-order valence-electron chi connectivity index (χ3n) is 5.16. The number of hydrogen-bond acceptors (Lipinski definition) is 9. The van der Waals surface area contributed by atoms with Crippen molar-refractivity contribution < 1.29 is 17.9 Å². The van der Waals surface area contributed by atoms with E-state index in [2.05, 4.69) is 25.3 Å².